The molecular weight excluding hydrogens is 324 g/mol. The van der Waals surface area contributed by atoms with E-state index < -0.39 is 0 Å². The highest BCUT2D eigenvalue weighted by Gasteiger charge is 2.29. The van der Waals surface area contributed by atoms with E-state index in [1.54, 1.807) is 4.68 Å². The molecule has 5 heteroatoms. The molecule has 0 spiro atoms. The second-order valence-corrected chi connectivity index (χ2v) is 7.90. The molecule has 5 nitrogen and oxygen atoms in total. The predicted molar refractivity (Wildman–Crippen MR) is 104 cm³/mol. The summed E-state index contributed by atoms with van der Waals surface area (Å²) in [7, 11) is 1.85. The van der Waals surface area contributed by atoms with Gasteiger partial charge in [-0.3, -0.25) is 9.48 Å². The van der Waals surface area contributed by atoms with Gasteiger partial charge in [0.15, 0.2) is 5.65 Å². The van der Waals surface area contributed by atoms with Crippen molar-refractivity contribution in [3.05, 3.63) is 58.9 Å². The number of aromatic nitrogens is 3. The number of nitrogens with one attached hydrogen (secondary N) is 1. The van der Waals surface area contributed by atoms with Crippen LogP contribution >= 0.6 is 0 Å². The Kier molecular flexibility index (Phi) is 4.57. The number of pyridine rings is 1. The first-order valence-corrected chi connectivity index (χ1v) is 8.85. The minimum atomic E-state index is -0.123. The van der Waals surface area contributed by atoms with Crippen LogP contribution in [0.3, 0.4) is 0 Å². The summed E-state index contributed by atoms with van der Waals surface area (Å²) in [5.74, 6) is -0.0969. The molecule has 0 saturated carbocycles. The molecule has 1 amide bonds. The Balaban J connectivity index is 2.05. The van der Waals surface area contributed by atoms with Gasteiger partial charge in [-0.15, -0.1) is 0 Å². The lowest BCUT2D eigenvalue weighted by atomic mass is 9.82. The van der Waals surface area contributed by atoms with Crippen LogP contribution in [-0.4, -0.2) is 20.7 Å². The van der Waals surface area contributed by atoms with Gasteiger partial charge in [0.25, 0.3) is 5.91 Å². The average Bonchev–Trinajstić information content (AvgIpc) is 2.85. The predicted octanol–water partition coefficient (Wildman–Crippen LogP) is 4.10. The zero-order valence-corrected chi connectivity index (χ0v) is 16.3. The SMILES string of the molecule is Cc1cc(C(=O)NC(c2ccccc2)C(C)(C)C)c2c(C)nn(C)c2n1. The molecule has 2 heterocycles. The van der Waals surface area contributed by atoms with Gasteiger partial charge in [-0.2, -0.15) is 5.10 Å². The van der Waals surface area contributed by atoms with Crippen LogP contribution in [0.4, 0.5) is 0 Å². The van der Waals surface area contributed by atoms with Crippen LogP contribution in [0, 0.1) is 19.3 Å². The molecule has 0 aliphatic rings. The highest BCUT2D eigenvalue weighted by molar-refractivity contribution is 6.06. The van der Waals surface area contributed by atoms with Crippen molar-refractivity contribution in [2.24, 2.45) is 12.5 Å². The van der Waals surface area contributed by atoms with Crippen molar-refractivity contribution in [3.63, 3.8) is 0 Å². The van der Waals surface area contributed by atoms with Crippen molar-refractivity contribution < 1.29 is 4.79 Å². The Labute approximate surface area is 154 Å². The summed E-state index contributed by atoms with van der Waals surface area (Å²) in [5, 5.41) is 8.49. The summed E-state index contributed by atoms with van der Waals surface area (Å²) >= 11 is 0. The highest BCUT2D eigenvalue weighted by Crippen LogP contribution is 2.33. The van der Waals surface area contributed by atoms with Crippen LogP contribution < -0.4 is 5.32 Å². The standard InChI is InChI=1S/C21H26N4O/c1-13-12-16(17-14(2)24-25(6)19(17)22-13)20(26)23-18(21(3,4)5)15-10-8-7-9-11-15/h7-12,18H,1-6H3,(H,23,26). The van der Waals surface area contributed by atoms with E-state index in [1.165, 1.54) is 0 Å². The fourth-order valence-corrected chi connectivity index (χ4v) is 3.40. The molecule has 3 rings (SSSR count). The highest BCUT2D eigenvalue weighted by atomic mass is 16.1. The molecule has 0 aliphatic carbocycles. The van der Waals surface area contributed by atoms with Crippen LogP contribution in [0.25, 0.3) is 11.0 Å². The van der Waals surface area contributed by atoms with Crippen molar-refractivity contribution in [1.82, 2.24) is 20.1 Å². The van der Waals surface area contributed by atoms with Crippen LogP contribution in [0.2, 0.25) is 0 Å². The van der Waals surface area contributed by atoms with E-state index in [2.05, 4.69) is 48.3 Å². The first-order chi connectivity index (χ1) is 12.2. The van der Waals surface area contributed by atoms with E-state index >= 15 is 0 Å². The monoisotopic (exact) mass is 350 g/mol. The lowest BCUT2D eigenvalue weighted by molar-refractivity contribution is 0.0903. The number of aryl methyl sites for hydroxylation is 3. The molecule has 2 aromatic heterocycles. The number of nitrogens with zero attached hydrogens (tertiary/aromatic N) is 3. The topological polar surface area (TPSA) is 59.8 Å². The van der Waals surface area contributed by atoms with Gasteiger partial charge in [0.05, 0.1) is 22.7 Å². The van der Waals surface area contributed by atoms with Gasteiger partial charge in [-0.25, -0.2) is 4.98 Å². The number of benzene rings is 1. The maximum Gasteiger partial charge on any atom is 0.252 e. The number of carbonyl (C=O) groups is 1. The Hall–Kier alpha value is -2.69. The second kappa shape index (κ2) is 6.56. The molecule has 0 aliphatic heterocycles. The lowest BCUT2D eigenvalue weighted by Crippen LogP contribution is -2.36. The molecule has 1 atom stereocenters. The zero-order chi connectivity index (χ0) is 19.1. The lowest BCUT2D eigenvalue weighted by Gasteiger charge is -2.32. The van der Waals surface area contributed by atoms with Gasteiger partial charge in [0, 0.05) is 12.7 Å². The van der Waals surface area contributed by atoms with Crippen molar-refractivity contribution >= 4 is 16.9 Å². The third-order valence-electron chi connectivity index (χ3n) is 4.62. The van der Waals surface area contributed by atoms with Crippen LogP contribution in [0.1, 0.15) is 54.1 Å². The third kappa shape index (κ3) is 3.34. The summed E-state index contributed by atoms with van der Waals surface area (Å²) < 4.78 is 1.73. The minimum absolute atomic E-state index is 0.0969. The number of hydrogen-bond acceptors (Lipinski definition) is 3. The Bertz CT molecular complexity index is 952. The number of amides is 1. The van der Waals surface area contributed by atoms with Crippen molar-refractivity contribution in [2.75, 3.05) is 0 Å². The van der Waals surface area contributed by atoms with Gasteiger partial charge >= 0.3 is 0 Å². The van der Waals surface area contributed by atoms with E-state index in [0.29, 0.717) is 5.56 Å². The largest absolute Gasteiger partial charge is 0.345 e. The van der Waals surface area contributed by atoms with Crippen LogP contribution in [0.15, 0.2) is 36.4 Å². The van der Waals surface area contributed by atoms with E-state index in [4.69, 9.17) is 0 Å². The van der Waals surface area contributed by atoms with Crippen molar-refractivity contribution in [3.8, 4) is 0 Å². The van der Waals surface area contributed by atoms with Gasteiger partial charge in [-0.05, 0) is 30.9 Å². The number of fused-ring (bicyclic) bond motifs is 1. The van der Waals surface area contributed by atoms with Gasteiger partial charge in [0.2, 0.25) is 0 Å². The average molecular weight is 350 g/mol. The second-order valence-electron chi connectivity index (χ2n) is 7.90. The fourth-order valence-electron chi connectivity index (χ4n) is 3.40. The Morgan fingerprint density at radius 3 is 2.42 bits per heavy atom. The minimum Gasteiger partial charge on any atom is -0.345 e. The van der Waals surface area contributed by atoms with Gasteiger partial charge < -0.3 is 5.32 Å². The Morgan fingerprint density at radius 1 is 1.15 bits per heavy atom. The molecule has 0 fully saturated rings. The number of rotatable bonds is 3. The van der Waals surface area contributed by atoms with Gasteiger partial charge in [-0.1, -0.05) is 51.1 Å². The van der Waals surface area contributed by atoms with Crippen LogP contribution in [0.5, 0.6) is 0 Å². The molecule has 136 valence electrons. The molecule has 1 unspecified atom stereocenters. The fraction of sp³-hybridized carbons (Fsp3) is 0.381. The van der Waals surface area contributed by atoms with E-state index in [-0.39, 0.29) is 17.4 Å². The molecule has 26 heavy (non-hydrogen) atoms. The maximum absolute atomic E-state index is 13.2. The first kappa shape index (κ1) is 18.1. The smallest absolute Gasteiger partial charge is 0.252 e. The van der Waals surface area contributed by atoms with E-state index in [9.17, 15) is 4.79 Å². The summed E-state index contributed by atoms with van der Waals surface area (Å²) in [4.78, 5) is 17.8. The summed E-state index contributed by atoms with van der Waals surface area (Å²) in [5.41, 5.74) is 3.95. The molecule has 0 bridgehead atoms. The third-order valence-corrected chi connectivity index (χ3v) is 4.62. The van der Waals surface area contributed by atoms with Crippen LogP contribution in [-0.2, 0) is 7.05 Å². The van der Waals surface area contributed by atoms with E-state index in [0.717, 1.165) is 28.0 Å². The number of hydrogen-bond donors (Lipinski definition) is 1. The van der Waals surface area contributed by atoms with Crippen molar-refractivity contribution in [2.45, 2.75) is 40.7 Å². The molecule has 0 radical (unpaired) electrons. The quantitative estimate of drug-likeness (QED) is 0.773. The maximum atomic E-state index is 13.2. The molecule has 1 aromatic carbocycles. The summed E-state index contributed by atoms with van der Waals surface area (Å²) in [6.07, 6.45) is 0. The first-order valence-electron chi connectivity index (χ1n) is 8.85. The molecule has 0 saturated heterocycles. The van der Waals surface area contributed by atoms with Gasteiger partial charge in [0.1, 0.15) is 0 Å². The molecule has 3 aromatic rings. The summed E-state index contributed by atoms with van der Waals surface area (Å²) in [6.45, 7) is 10.2. The normalized spacial score (nSPS) is 13.0. The summed E-state index contributed by atoms with van der Waals surface area (Å²) in [6, 6.07) is 11.8. The van der Waals surface area contributed by atoms with Crippen molar-refractivity contribution in [1.29, 1.82) is 0 Å². The van der Waals surface area contributed by atoms with E-state index in [1.807, 2.05) is 45.2 Å². The molecule has 1 N–H and O–H groups in total. The zero-order valence-electron chi connectivity index (χ0n) is 16.3. The molecular formula is C21H26N4O. The number of carbonyl (C=O) groups excluding carboxylic acids is 1. The Morgan fingerprint density at radius 2 is 1.81 bits per heavy atom.